The number of hydrogen-bond acceptors (Lipinski definition) is 4. The number of pyridine rings is 1. The van der Waals surface area contributed by atoms with Crippen molar-refractivity contribution in [1.29, 1.82) is 0 Å². The third kappa shape index (κ3) is 2.58. The standard InChI is InChI=1S/C13H17FN4O/c1-8(2)18-13(11(19-3)7-17-18)12(15)10-5-4-9(14)6-16-10/h4-8,12H,15H2,1-3H3. The van der Waals surface area contributed by atoms with Crippen LogP contribution in [0.4, 0.5) is 4.39 Å². The Labute approximate surface area is 111 Å². The number of aromatic nitrogens is 3. The summed E-state index contributed by atoms with van der Waals surface area (Å²) >= 11 is 0. The molecule has 5 nitrogen and oxygen atoms in total. The quantitative estimate of drug-likeness (QED) is 0.917. The fourth-order valence-corrected chi connectivity index (χ4v) is 1.93. The average Bonchev–Trinajstić information content (AvgIpc) is 2.82. The van der Waals surface area contributed by atoms with Gasteiger partial charge < -0.3 is 10.5 Å². The summed E-state index contributed by atoms with van der Waals surface area (Å²) in [5, 5.41) is 4.26. The van der Waals surface area contributed by atoms with Gasteiger partial charge in [0, 0.05) is 6.04 Å². The molecule has 2 heterocycles. The molecule has 0 aliphatic carbocycles. The van der Waals surface area contributed by atoms with Crippen LogP contribution in [-0.4, -0.2) is 21.9 Å². The molecule has 102 valence electrons. The van der Waals surface area contributed by atoms with Gasteiger partial charge in [0.15, 0.2) is 5.75 Å². The van der Waals surface area contributed by atoms with Gasteiger partial charge in [-0.1, -0.05) is 0 Å². The Bertz CT molecular complexity index is 550. The summed E-state index contributed by atoms with van der Waals surface area (Å²) in [5.74, 6) is 0.215. The molecule has 2 aromatic rings. The van der Waals surface area contributed by atoms with Crippen LogP contribution in [-0.2, 0) is 0 Å². The molecule has 0 aliphatic rings. The van der Waals surface area contributed by atoms with Gasteiger partial charge in [-0.15, -0.1) is 0 Å². The molecule has 2 rings (SSSR count). The Balaban J connectivity index is 2.44. The average molecular weight is 264 g/mol. The van der Waals surface area contributed by atoms with Crippen molar-refractivity contribution >= 4 is 0 Å². The minimum absolute atomic E-state index is 0.144. The predicted molar refractivity (Wildman–Crippen MR) is 69.4 cm³/mol. The lowest BCUT2D eigenvalue weighted by molar-refractivity contribution is 0.400. The van der Waals surface area contributed by atoms with E-state index in [-0.39, 0.29) is 11.9 Å². The number of ether oxygens (including phenoxy) is 1. The van der Waals surface area contributed by atoms with Crippen LogP contribution in [0.2, 0.25) is 0 Å². The Kier molecular flexibility index (Phi) is 3.80. The molecule has 0 spiro atoms. The summed E-state index contributed by atoms with van der Waals surface area (Å²) in [6, 6.07) is 2.54. The summed E-state index contributed by atoms with van der Waals surface area (Å²) in [5.41, 5.74) is 7.50. The van der Waals surface area contributed by atoms with Gasteiger partial charge in [0.1, 0.15) is 11.5 Å². The Morgan fingerprint density at radius 1 is 1.32 bits per heavy atom. The number of methoxy groups -OCH3 is 1. The van der Waals surface area contributed by atoms with Crippen molar-refractivity contribution in [1.82, 2.24) is 14.8 Å². The topological polar surface area (TPSA) is 66.0 Å². The number of hydrogen-bond donors (Lipinski definition) is 1. The van der Waals surface area contributed by atoms with Crippen LogP contribution < -0.4 is 10.5 Å². The molecule has 19 heavy (non-hydrogen) atoms. The lowest BCUT2D eigenvalue weighted by Gasteiger charge is -2.17. The van der Waals surface area contributed by atoms with Gasteiger partial charge in [0.2, 0.25) is 0 Å². The highest BCUT2D eigenvalue weighted by atomic mass is 19.1. The minimum Gasteiger partial charge on any atom is -0.493 e. The van der Waals surface area contributed by atoms with E-state index in [1.54, 1.807) is 24.1 Å². The first-order valence-electron chi connectivity index (χ1n) is 6.03. The van der Waals surface area contributed by atoms with Crippen molar-refractivity contribution in [2.24, 2.45) is 5.73 Å². The molecule has 1 unspecified atom stereocenters. The van der Waals surface area contributed by atoms with Crippen LogP contribution in [0.1, 0.15) is 37.3 Å². The molecule has 0 saturated heterocycles. The molecule has 0 saturated carbocycles. The van der Waals surface area contributed by atoms with Gasteiger partial charge in [0.05, 0.1) is 31.2 Å². The molecular weight excluding hydrogens is 247 g/mol. The fraction of sp³-hybridized carbons (Fsp3) is 0.385. The highest BCUT2D eigenvalue weighted by Gasteiger charge is 2.22. The second-order valence-corrected chi connectivity index (χ2v) is 4.52. The smallest absolute Gasteiger partial charge is 0.161 e. The van der Waals surface area contributed by atoms with Crippen LogP contribution in [0.25, 0.3) is 0 Å². The third-order valence-electron chi connectivity index (χ3n) is 2.87. The van der Waals surface area contributed by atoms with Crippen LogP contribution in [0, 0.1) is 5.82 Å². The highest BCUT2D eigenvalue weighted by Crippen LogP contribution is 2.29. The maximum Gasteiger partial charge on any atom is 0.161 e. The molecule has 0 radical (unpaired) electrons. The van der Waals surface area contributed by atoms with Crippen molar-refractivity contribution in [2.45, 2.75) is 25.9 Å². The van der Waals surface area contributed by atoms with Crippen molar-refractivity contribution in [3.05, 3.63) is 41.7 Å². The van der Waals surface area contributed by atoms with Crippen LogP contribution >= 0.6 is 0 Å². The van der Waals surface area contributed by atoms with E-state index in [1.807, 2.05) is 13.8 Å². The zero-order chi connectivity index (χ0) is 14.0. The van der Waals surface area contributed by atoms with E-state index in [4.69, 9.17) is 10.5 Å². The number of nitrogens with two attached hydrogens (primary N) is 1. The zero-order valence-corrected chi connectivity index (χ0v) is 11.2. The lowest BCUT2D eigenvalue weighted by atomic mass is 10.1. The van der Waals surface area contributed by atoms with Gasteiger partial charge in [-0.2, -0.15) is 5.10 Å². The molecule has 2 N–H and O–H groups in total. The van der Waals surface area contributed by atoms with E-state index in [2.05, 4.69) is 10.1 Å². The molecule has 0 bridgehead atoms. The van der Waals surface area contributed by atoms with E-state index in [0.29, 0.717) is 11.4 Å². The number of nitrogens with zero attached hydrogens (tertiary/aromatic N) is 3. The second-order valence-electron chi connectivity index (χ2n) is 4.52. The van der Waals surface area contributed by atoms with Crippen LogP contribution in [0.15, 0.2) is 24.5 Å². The normalized spacial score (nSPS) is 12.7. The third-order valence-corrected chi connectivity index (χ3v) is 2.87. The summed E-state index contributed by atoms with van der Waals surface area (Å²) in [6.45, 7) is 4.00. The second kappa shape index (κ2) is 5.36. The lowest BCUT2D eigenvalue weighted by Crippen LogP contribution is -2.20. The zero-order valence-electron chi connectivity index (χ0n) is 11.2. The van der Waals surface area contributed by atoms with E-state index >= 15 is 0 Å². The maximum atomic E-state index is 12.9. The van der Waals surface area contributed by atoms with Crippen molar-refractivity contribution in [3.63, 3.8) is 0 Å². The van der Waals surface area contributed by atoms with Crippen LogP contribution in [0.5, 0.6) is 5.75 Å². The molecule has 2 aromatic heterocycles. The maximum absolute atomic E-state index is 12.9. The molecule has 0 amide bonds. The highest BCUT2D eigenvalue weighted by molar-refractivity contribution is 5.33. The van der Waals surface area contributed by atoms with Gasteiger partial charge in [-0.3, -0.25) is 9.67 Å². The largest absolute Gasteiger partial charge is 0.493 e. The first-order chi connectivity index (χ1) is 9.04. The van der Waals surface area contributed by atoms with E-state index in [1.165, 1.54) is 6.07 Å². The van der Waals surface area contributed by atoms with Gasteiger partial charge >= 0.3 is 0 Å². The summed E-state index contributed by atoms with van der Waals surface area (Å²) in [7, 11) is 1.57. The minimum atomic E-state index is -0.513. The van der Waals surface area contributed by atoms with Crippen molar-refractivity contribution < 1.29 is 9.13 Å². The Morgan fingerprint density at radius 3 is 2.58 bits per heavy atom. The SMILES string of the molecule is COc1cnn(C(C)C)c1C(N)c1ccc(F)cn1. The number of halogens is 1. The molecule has 6 heteroatoms. The summed E-state index contributed by atoms with van der Waals surface area (Å²) in [4.78, 5) is 4.01. The molecule has 0 aromatic carbocycles. The molecule has 0 fully saturated rings. The molecular formula is C13H17FN4O. The van der Waals surface area contributed by atoms with Gasteiger partial charge in [0.25, 0.3) is 0 Å². The first kappa shape index (κ1) is 13.5. The van der Waals surface area contributed by atoms with Crippen LogP contribution in [0.3, 0.4) is 0 Å². The van der Waals surface area contributed by atoms with Gasteiger partial charge in [-0.05, 0) is 26.0 Å². The van der Waals surface area contributed by atoms with E-state index < -0.39 is 6.04 Å². The van der Waals surface area contributed by atoms with Crippen molar-refractivity contribution in [3.8, 4) is 5.75 Å². The number of rotatable bonds is 4. The van der Waals surface area contributed by atoms with Crippen molar-refractivity contribution in [2.75, 3.05) is 7.11 Å². The molecule has 0 aliphatic heterocycles. The fourth-order valence-electron chi connectivity index (χ4n) is 1.93. The van der Waals surface area contributed by atoms with Gasteiger partial charge in [-0.25, -0.2) is 4.39 Å². The first-order valence-corrected chi connectivity index (χ1v) is 6.03. The van der Waals surface area contributed by atoms with E-state index in [0.717, 1.165) is 11.9 Å². The summed E-state index contributed by atoms with van der Waals surface area (Å²) in [6.07, 6.45) is 2.77. The monoisotopic (exact) mass is 264 g/mol. The molecule has 1 atom stereocenters. The Hall–Kier alpha value is -1.95. The predicted octanol–water partition coefficient (Wildman–Crippen LogP) is 2.05. The summed E-state index contributed by atoms with van der Waals surface area (Å²) < 4.78 is 20.0. The Morgan fingerprint density at radius 2 is 2.05 bits per heavy atom. The van der Waals surface area contributed by atoms with E-state index in [9.17, 15) is 4.39 Å².